The van der Waals surface area contributed by atoms with E-state index in [9.17, 15) is 4.79 Å². The van der Waals surface area contributed by atoms with Crippen LogP contribution in [0.1, 0.15) is 79.6 Å². The Hall–Kier alpha value is -1.13. The summed E-state index contributed by atoms with van der Waals surface area (Å²) in [5, 5.41) is 0. The third kappa shape index (κ3) is 4.49. The van der Waals surface area contributed by atoms with Gasteiger partial charge in [0.25, 0.3) is 0 Å². The quantitative estimate of drug-likeness (QED) is 0.319. The van der Waals surface area contributed by atoms with E-state index in [4.69, 9.17) is 14.5 Å². The lowest BCUT2D eigenvalue weighted by molar-refractivity contribution is -0.411. The van der Waals surface area contributed by atoms with E-state index >= 15 is 0 Å². The summed E-state index contributed by atoms with van der Waals surface area (Å²) in [6, 6.07) is 0. The summed E-state index contributed by atoms with van der Waals surface area (Å²) in [6.45, 7) is 15.7. The molecule has 1 aliphatic heterocycles. The number of rotatable bonds is 5. The van der Waals surface area contributed by atoms with E-state index in [0.717, 1.165) is 25.7 Å². The molecule has 4 nitrogen and oxygen atoms in total. The molecule has 1 saturated heterocycles. The zero-order chi connectivity index (χ0) is 21.4. The van der Waals surface area contributed by atoms with Crippen LogP contribution in [0.2, 0.25) is 0 Å². The number of ether oxygens (including phenoxy) is 1. The van der Waals surface area contributed by atoms with Gasteiger partial charge in [-0.2, -0.15) is 0 Å². The minimum absolute atomic E-state index is 0.142. The monoisotopic (exact) mass is 404 g/mol. The largest absolute Gasteiger partial charge is 0.469 e. The fraction of sp³-hybridized carbons (Fsp3) is 0.800. The van der Waals surface area contributed by atoms with Crippen LogP contribution >= 0.6 is 0 Å². The smallest absolute Gasteiger partial charge is 0.311 e. The van der Waals surface area contributed by atoms with Crippen LogP contribution in [0.3, 0.4) is 0 Å². The molecule has 0 bridgehead atoms. The zero-order valence-electron chi connectivity index (χ0n) is 19.3. The molecule has 164 valence electrons. The summed E-state index contributed by atoms with van der Waals surface area (Å²) >= 11 is 0. The average Bonchev–Trinajstić information content (AvgIpc) is 2.70. The molecule has 1 saturated carbocycles. The number of methoxy groups -OCH3 is 1. The van der Waals surface area contributed by atoms with Gasteiger partial charge in [-0.05, 0) is 88.9 Å². The average molecular weight is 405 g/mol. The first-order valence-corrected chi connectivity index (χ1v) is 11.4. The molecule has 7 atom stereocenters. The molecule has 29 heavy (non-hydrogen) atoms. The number of hydrogen-bond acceptors (Lipinski definition) is 4. The Labute approximate surface area is 177 Å². The number of carbonyl (C=O) groups is 1. The van der Waals surface area contributed by atoms with Gasteiger partial charge in [0, 0.05) is 0 Å². The maximum Gasteiger partial charge on any atom is 0.311 e. The van der Waals surface area contributed by atoms with Crippen molar-refractivity contribution in [3.8, 4) is 0 Å². The number of fused-ring (bicyclic) bond motifs is 1. The summed E-state index contributed by atoms with van der Waals surface area (Å²) in [7, 11) is 1.42. The highest BCUT2D eigenvalue weighted by molar-refractivity contribution is 5.72. The summed E-state index contributed by atoms with van der Waals surface area (Å²) in [6.07, 6.45) is 9.71. The maximum atomic E-state index is 11.8. The van der Waals surface area contributed by atoms with Crippen LogP contribution in [0.25, 0.3) is 0 Å². The summed E-state index contributed by atoms with van der Waals surface area (Å²) in [4.78, 5) is 23.3. The molecule has 0 unspecified atom stereocenters. The fourth-order valence-corrected chi connectivity index (χ4v) is 5.72. The number of hydrogen-bond donors (Lipinski definition) is 0. The lowest BCUT2D eigenvalue weighted by Crippen LogP contribution is -2.45. The maximum absolute atomic E-state index is 11.8. The van der Waals surface area contributed by atoms with E-state index < -0.39 is 0 Å². The third-order valence-electron chi connectivity index (χ3n) is 8.39. The Balaban J connectivity index is 1.60. The predicted octanol–water partition coefficient (Wildman–Crippen LogP) is 6.02. The van der Waals surface area contributed by atoms with Gasteiger partial charge in [0.1, 0.15) is 11.7 Å². The standard InChI is InChI=1S/C25H40O4/c1-16-8-9-21-19(4)25(6,17(2)15-20(21)14-16)13-12-24(5)11-10-22(28-29-24)18(3)23(26)27-7/h14,17-18,20-22H,4,8-13,15H2,1-3,5-7H3/t17-,18-,20-,21+,22+,24-,25+/m0/s1. The molecule has 0 radical (unpaired) electrons. The third-order valence-corrected chi connectivity index (χ3v) is 8.39. The molecule has 4 heteroatoms. The molecule has 3 aliphatic rings. The van der Waals surface area contributed by atoms with Crippen molar-refractivity contribution in [3.05, 3.63) is 23.8 Å². The fourth-order valence-electron chi connectivity index (χ4n) is 5.72. The second kappa shape index (κ2) is 8.55. The van der Waals surface area contributed by atoms with Crippen molar-refractivity contribution in [2.75, 3.05) is 7.11 Å². The van der Waals surface area contributed by atoms with E-state index in [0.29, 0.717) is 17.8 Å². The Bertz CT molecular complexity index is 658. The van der Waals surface area contributed by atoms with Gasteiger partial charge in [-0.25, -0.2) is 9.78 Å². The van der Waals surface area contributed by atoms with Crippen LogP contribution in [0.15, 0.2) is 23.8 Å². The first-order valence-electron chi connectivity index (χ1n) is 11.4. The van der Waals surface area contributed by atoms with Gasteiger partial charge >= 0.3 is 5.97 Å². The molecular weight excluding hydrogens is 364 g/mol. The minimum atomic E-state index is -0.310. The van der Waals surface area contributed by atoms with Crippen LogP contribution in [-0.4, -0.2) is 24.8 Å². The zero-order valence-corrected chi connectivity index (χ0v) is 19.3. The van der Waals surface area contributed by atoms with Crippen molar-refractivity contribution < 1.29 is 19.3 Å². The van der Waals surface area contributed by atoms with Gasteiger partial charge in [-0.3, -0.25) is 4.79 Å². The summed E-state index contributed by atoms with van der Waals surface area (Å²) in [5.41, 5.74) is 2.83. The number of esters is 1. The van der Waals surface area contributed by atoms with Gasteiger partial charge in [-0.15, -0.1) is 0 Å². The Kier molecular flexibility index (Phi) is 6.65. The molecular formula is C25H40O4. The molecule has 0 aromatic heterocycles. The SMILES string of the molecule is C=C1[C@H]2CCC(C)=C[C@H]2C[C@H](C)[C@@]1(C)CC[C@]1(C)CC[C@H]([C@H](C)C(=O)OC)OO1. The van der Waals surface area contributed by atoms with Gasteiger partial charge in [0.2, 0.25) is 0 Å². The van der Waals surface area contributed by atoms with Crippen molar-refractivity contribution >= 4 is 5.97 Å². The first kappa shape index (κ1) is 22.6. The number of allylic oxidation sites excluding steroid dienone is 3. The van der Waals surface area contributed by atoms with E-state index in [1.807, 2.05) is 6.92 Å². The molecule has 0 aromatic carbocycles. The molecule has 1 heterocycles. The molecule has 0 amide bonds. The molecule has 2 fully saturated rings. The summed E-state index contributed by atoms with van der Waals surface area (Å²) < 4.78 is 4.84. The van der Waals surface area contributed by atoms with Gasteiger partial charge in [0.05, 0.1) is 13.0 Å². The number of carbonyl (C=O) groups excluding carboxylic acids is 1. The first-order chi connectivity index (χ1) is 13.6. The normalized spacial score (nSPS) is 41.3. The van der Waals surface area contributed by atoms with Crippen molar-refractivity contribution in [1.82, 2.24) is 0 Å². The van der Waals surface area contributed by atoms with Crippen molar-refractivity contribution in [2.24, 2.45) is 29.1 Å². The molecule has 3 rings (SSSR count). The highest BCUT2D eigenvalue weighted by Crippen LogP contribution is 2.56. The van der Waals surface area contributed by atoms with Crippen molar-refractivity contribution in [2.45, 2.75) is 91.3 Å². The molecule has 0 aromatic rings. The van der Waals surface area contributed by atoms with Crippen molar-refractivity contribution in [1.29, 1.82) is 0 Å². The van der Waals surface area contributed by atoms with E-state index in [1.165, 1.54) is 31.9 Å². The second-order valence-corrected chi connectivity index (χ2v) is 10.4. The van der Waals surface area contributed by atoms with E-state index in [-0.39, 0.29) is 29.0 Å². The van der Waals surface area contributed by atoms with E-state index in [2.05, 4.69) is 40.3 Å². The van der Waals surface area contributed by atoms with Crippen LogP contribution < -0.4 is 0 Å². The molecule has 2 aliphatic carbocycles. The molecule has 0 spiro atoms. The predicted molar refractivity (Wildman–Crippen MR) is 115 cm³/mol. The Morgan fingerprint density at radius 1 is 1.34 bits per heavy atom. The highest BCUT2D eigenvalue weighted by atomic mass is 17.2. The van der Waals surface area contributed by atoms with Gasteiger partial charge < -0.3 is 4.74 Å². The van der Waals surface area contributed by atoms with Crippen LogP contribution in [0, 0.1) is 29.1 Å². The lowest BCUT2D eigenvalue weighted by Gasteiger charge is -2.51. The van der Waals surface area contributed by atoms with Crippen LogP contribution in [0.4, 0.5) is 0 Å². The molecule has 0 N–H and O–H groups in total. The van der Waals surface area contributed by atoms with Gasteiger partial charge in [0.15, 0.2) is 0 Å². The van der Waals surface area contributed by atoms with Crippen LogP contribution in [0.5, 0.6) is 0 Å². The highest BCUT2D eigenvalue weighted by Gasteiger charge is 2.47. The lowest BCUT2D eigenvalue weighted by atomic mass is 9.54. The van der Waals surface area contributed by atoms with Crippen LogP contribution in [-0.2, 0) is 19.3 Å². The Morgan fingerprint density at radius 3 is 2.69 bits per heavy atom. The summed E-state index contributed by atoms with van der Waals surface area (Å²) in [5.74, 6) is 1.36. The van der Waals surface area contributed by atoms with Gasteiger partial charge in [-0.1, -0.05) is 37.6 Å². The Morgan fingerprint density at radius 2 is 2.07 bits per heavy atom. The topological polar surface area (TPSA) is 44.8 Å². The van der Waals surface area contributed by atoms with Crippen molar-refractivity contribution in [3.63, 3.8) is 0 Å². The van der Waals surface area contributed by atoms with E-state index in [1.54, 1.807) is 5.57 Å². The second-order valence-electron chi connectivity index (χ2n) is 10.4. The minimum Gasteiger partial charge on any atom is -0.469 e.